The minimum Gasteiger partial charge on any atom is -0.361 e. The molecule has 0 fully saturated rings. The van der Waals surface area contributed by atoms with Crippen molar-refractivity contribution in [1.82, 2.24) is 4.99 Å². The van der Waals surface area contributed by atoms with E-state index in [1.165, 1.54) is 6.20 Å². The number of benzene rings is 1. The number of aliphatic imine (C=N–C) groups is 1. The zero-order chi connectivity index (χ0) is 9.97. The topological polar surface area (TPSA) is 35.7 Å². The van der Waals surface area contributed by atoms with Crippen LogP contribution in [0.15, 0.2) is 29.3 Å². The first kappa shape index (κ1) is 8.80. The summed E-state index contributed by atoms with van der Waals surface area (Å²) < 4.78 is 27.7. The smallest absolute Gasteiger partial charge is 0.361 e. The van der Waals surface area contributed by atoms with Crippen LogP contribution in [0.2, 0.25) is 0 Å². The molecule has 3 nitrogen and oxygen atoms in total. The Morgan fingerprint density at radius 3 is 2.86 bits per heavy atom. The second-order valence-corrected chi connectivity index (χ2v) is 2.59. The van der Waals surface area contributed by atoms with E-state index in [2.05, 4.69) is 14.7 Å². The van der Waals surface area contributed by atoms with Gasteiger partial charge in [0.15, 0.2) is 11.6 Å². The summed E-state index contributed by atoms with van der Waals surface area (Å²) in [6.07, 6.45) is 1.44. The SMILES string of the molecule is FC(F)OC1=[N+]C=c2ccccc2=N1. The van der Waals surface area contributed by atoms with Crippen LogP contribution in [0.25, 0.3) is 6.20 Å². The molecule has 0 N–H and O–H groups in total. The summed E-state index contributed by atoms with van der Waals surface area (Å²) >= 11 is 0. The number of amidine groups is 1. The van der Waals surface area contributed by atoms with Crippen molar-refractivity contribution in [2.75, 3.05) is 0 Å². The molecule has 1 heterocycles. The van der Waals surface area contributed by atoms with Gasteiger partial charge in [-0.1, -0.05) is 12.1 Å². The van der Waals surface area contributed by atoms with Crippen molar-refractivity contribution in [3.8, 4) is 0 Å². The molecular formula is C9H6F2N2O+. The van der Waals surface area contributed by atoms with Gasteiger partial charge in [0.1, 0.15) is 0 Å². The molecule has 0 atom stereocenters. The summed E-state index contributed by atoms with van der Waals surface area (Å²) in [6, 6.07) is 6.77. The predicted octanol–water partition coefficient (Wildman–Crippen LogP) is -0.0112. The monoisotopic (exact) mass is 196 g/mol. The van der Waals surface area contributed by atoms with Crippen molar-refractivity contribution in [2.45, 2.75) is 6.61 Å². The van der Waals surface area contributed by atoms with E-state index in [0.717, 1.165) is 5.22 Å². The Morgan fingerprint density at radius 2 is 2.07 bits per heavy atom. The molecule has 0 spiro atoms. The van der Waals surface area contributed by atoms with Gasteiger partial charge < -0.3 is 4.74 Å². The minimum absolute atomic E-state index is 0.307. The first-order valence-corrected chi connectivity index (χ1v) is 3.92. The van der Waals surface area contributed by atoms with Gasteiger partial charge in [0.2, 0.25) is 0 Å². The predicted molar refractivity (Wildman–Crippen MR) is 45.9 cm³/mol. The number of fused-ring (bicyclic) bond motifs is 1. The molecule has 0 unspecified atom stereocenters. The maximum Gasteiger partial charge on any atom is 0.545 e. The minimum atomic E-state index is -2.89. The molecule has 14 heavy (non-hydrogen) atoms. The van der Waals surface area contributed by atoms with Crippen LogP contribution < -0.4 is 15.6 Å². The lowest BCUT2D eigenvalue weighted by Gasteiger charge is -1.94. The molecule has 2 rings (SSSR count). The second-order valence-electron chi connectivity index (χ2n) is 2.59. The van der Waals surface area contributed by atoms with Gasteiger partial charge in [-0.15, -0.1) is 0 Å². The van der Waals surface area contributed by atoms with Crippen LogP contribution in [0, 0.1) is 0 Å². The summed E-state index contributed by atoms with van der Waals surface area (Å²) in [5, 5.41) is 1.37. The standard InChI is InChI=1S/C9H6F2N2O/c10-8(11)14-9-12-5-6-3-1-2-4-7(6)13-9/h1-5,8H/q+1. The average Bonchev–Trinajstić information content (AvgIpc) is 2.17. The zero-order valence-corrected chi connectivity index (χ0v) is 7.02. The van der Waals surface area contributed by atoms with Gasteiger partial charge >= 0.3 is 12.6 Å². The molecule has 1 radical (unpaired) electrons. The number of hydrogen-bond acceptors (Lipinski definition) is 3. The molecule has 1 aliphatic heterocycles. The van der Waals surface area contributed by atoms with E-state index in [4.69, 9.17) is 0 Å². The van der Waals surface area contributed by atoms with E-state index in [-0.39, 0.29) is 6.02 Å². The zero-order valence-electron chi connectivity index (χ0n) is 7.02. The van der Waals surface area contributed by atoms with Crippen LogP contribution >= 0.6 is 0 Å². The Morgan fingerprint density at radius 1 is 1.29 bits per heavy atom. The largest absolute Gasteiger partial charge is 0.545 e. The van der Waals surface area contributed by atoms with Crippen LogP contribution in [0.3, 0.4) is 0 Å². The van der Waals surface area contributed by atoms with Crippen LogP contribution in [0.5, 0.6) is 0 Å². The fourth-order valence-corrected chi connectivity index (χ4v) is 1.09. The Hall–Kier alpha value is -1.78. The summed E-state index contributed by atoms with van der Waals surface area (Å²) in [7, 11) is 0. The number of para-hydroxylation sites is 1. The van der Waals surface area contributed by atoms with Gasteiger partial charge in [-0.05, 0) is 22.1 Å². The van der Waals surface area contributed by atoms with Crippen molar-refractivity contribution < 1.29 is 13.5 Å². The maximum atomic E-state index is 11.8. The van der Waals surface area contributed by atoms with Crippen molar-refractivity contribution in [3.63, 3.8) is 0 Å². The van der Waals surface area contributed by atoms with Crippen molar-refractivity contribution in [2.24, 2.45) is 4.99 Å². The quantitative estimate of drug-likeness (QED) is 0.622. The normalized spacial score (nSPS) is 13.8. The van der Waals surface area contributed by atoms with Crippen molar-refractivity contribution in [3.05, 3.63) is 34.8 Å². The second kappa shape index (κ2) is 3.53. The van der Waals surface area contributed by atoms with E-state index < -0.39 is 6.61 Å². The Bertz CT molecular complexity index is 482. The molecule has 1 aromatic carbocycles. The van der Waals surface area contributed by atoms with E-state index >= 15 is 0 Å². The number of rotatable bonds is 1. The average molecular weight is 196 g/mol. The molecule has 0 aromatic heterocycles. The highest BCUT2D eigenvalue weighted by Gasteiger charge is 2.19. The van der Waals surface area contributed by atoms with Crippen LogP contribution in [-0.4, -0.2) is 12.6 Å². The number of hydrogen-bond donors (Lipinski definition) is 0. The lowest BCUT2D eigenvalue weighted by Crippen LogP contribution is -2.32. The Kier molecular flexibility index (Phi) is 2.22. The molecule has 0 saturated heterocycles. The lowest BCUT2D eigenvalue weighted by molar-refractivity contribution is -0.0619. The van der Waals surface area contributed by atoms with E-state index in [1.54, 1.807) is 18.2 Å². The molecule has 0 aliphatic carbocycles. The number of alkyl halides is 2. The van der Waals surface area contributed by atoms with Gasteiger partial charge in [-0.25, -0.2) is 0 Å². The van der Waals surface area contributed by atoms with Gasteiger partial charge in [-0.2, -0.15) is 8.78 Å². The summed E-state index contributed by atoms with van der Waals surface area (Å²) in [5.41, 5.74) is 0. The summed E-state index contributed by atoms with van der Waals surface area (Å²) in [6.45, 7) is -2.89. The first-order chi connectivity index (χ1) is 6.75. The summed E-state index contributed by atoms with van der Waals surface area (Å²) in [5.74, 6) is 0. The van der Waals surface area contributed by atoms with Gasteiger partial charge in [0, 0.05) is 0 Å². The molecule has 1 aromatic rings. The third-order valence-corrected chi connectivity index (χ3v) is 1.66. The van der Waals surface area contributed by atoms with Crippen molar-refractivity contribution in [1.29, 1.82) is 0 Å². The molecule has 0 saturated carbocycles. The summed E-state index contributed by atoms with van der Waals surface area (Å²) in [4.78, 5) is 7.44. The third kappa shape index (κ3) is 1.76. The van der Waals surface area contributed by atoms with E-state index in [0.29, 0.717) is 5.36 Å². The van der Waals surface area contributed by atoms with Gasteiger partial charge in [0.05, 0.1) is 5.22 Å². The molecule has 0 bridgehead atoms. The Balaban J connectivity index is 2.38. The molecular weight excluding hydrogens is 190 g/mol. The first-order valence-electron chi connectivity index (χ1n) is 3.92. The van der Waals surface area contributed by atoms with Gasteiger partial charge in [-0.3, -0.25) is 0 Å². The van der Waals surface area contributed by atoms with Crippen LogP contribution in [0.4, 0.5) is 8.78 Å². The van der Waals surface area contributed by atoms with Crippen LogP contribution in [0.1, 0.15) is 0 Å². The Labute approximate surface area is 78.1 Å². The molecule has 5 heteroatoms. The van der Waals surface area contributed by atoms with E-state index in [1.807, 2.05) is 6.07 Å². The highest BCUT2D eigenvalue weighted by Crippen LogP contribution is 1.95. The molecule has 0 amide bonds. The fourth-order valence-electron chi connectivity index (χ4n) is 1.09. The highest BCUT2D eigenvalue weighted by atomic mass is 19.3. The lowest BCUT2D eigenvalue weighted by atomic mass is 10.3. The molecule has 71 valence electrons. The fraction of sp³-hybridized carbons (Fsp3) is 0.111. The maximum absolute atomic E-state index is 11.8. The third-order valence-electron chi connectivity index (χ3n) is 1.66. The molecule has 1 aliphatic rings. The van der Waals surface area contributed by atoms with Gasteiger partial charge in [0.25, 0.3) is 0 Å². The number of halogens is 2. The van der Waals surface area contributed by atoms with Crippen LogP contribution in [-0.2, 0) is 4.74 Å². The van der Waals surface area contributed by atoms with E-state index in [9.17, 15) is 8.78 Å². The number of nitrogens with zero attached hydrogens (tertiary/aromatic N) is 2. The van der Waals surface area contributed by atoms with Crippen molar-refractivity contribution >= 4 is 12.2 Å². The number of ether oxygens (including phenoxy) is 1. The highest BCUT2D eigenvalue weighted by molar-refractivity contribution is 5.76.